The summed E-state index contributed by atoms with van der Waals surface area (Å²) in [5, 5.41) is 4.77. The fourth-order valence-electron chi connectivity index (χ4n) is 4.48. The third-order valence-corrected chi connectivity index (χ3v) is 6.94. The second-order valence-electron chi connectivity index (χ2n) is 7.98. The fourth-order valence-corrected chi connectivity index (χ4v) is 5.27. The summed E-state index contributed by atoms with van der Waals surface area (Å²) in [6, 6.07) is 11.7. The van der Waals surface area contributed by atoms with E-state index in [9.17, 15) is 14.4 Å². The van der Waals surface area contributed by atoms with Crippen molar-refractivity contribution in [1.82, 2.24) is 10.2 Å². The number of nitrogens with two attached hydrogens (primary N) is 1. The number of carbonyl (C=O) groups excluding carboxylic acids is 3. The largest absolute Gasteiger partial charge is 0.369 e. The van der Waals surface area contributed by atoms with Crippen molar-refractivity contribution in [3.8, 4) is 10.4 Å². The summed E-state index contributed by atoms with van der Waals surface area (Å²) < 4.78 is 0. The summed E-state index contributed by atoms with van der Waals surface area (Å²) in [4.78, 5) is 39.9. The third kappa shape index (κ3) is 3.92. The molecule has 3 N–H and O–H groups in total. The first-order valence-electron chi connectivity index (χ1n) is 9.98. The molecule has 4 rings (SSSR count). The topological polar surface area (TPSA) is 92.5 Å². The van der Waals surface area contributed by atoms with E-state index in [-0.39, 0.29) is 17.7 Å². The minimum atomic E-state index is -0.802. The molecule has 3 amide bonds. The van der Waals surface area contributed by atoms with Gasteiger partial charge in [0.25, 0.3) is 0 Å². The average molecular weight is 412 g/mol. The number of nitrogens with one attached hydrogen (secondary N) is 1. The van der Waals surface area contributed by atoms with E-state index < -0.39 is 11.5 Å². The summed E-state index contributed by atoms with van der Waals surface area (Å²) in [6.45, 7) is 0.888. The van der Waals surface area contributed by atoms with Gasteiger partial charge in [-0.25, -0.2) is 0 Å². The van der Waals surface area contributed by atoms with Crippen LogP contribution in [0.3, 0.4) is 0 Å². The second kappa shape index (κ2) is 7.99. The molecule has 1 aromatic heterocycles. The number of hydrogen-bond acceptors (Lipinski definition) is 4. The van der Waals surface area contributed by atoms with Crippen molar-refractivity contribution in [2.24, 2.45) is 11.1 Å². The van der Waals surface area contributed by atoms with Crippen molar-refractivity contribution in [3.05, 3.63) is 47.3 Å². The number of hydrogen-bond donors (Lipinski definition) is 2. The Morgan fingerprint density at radius 3 is 2.76 bits per heavy atom. The fraction of sp³-hybridized carbons (Fsp3) is 0.409. The molecule has 0 bridgehead atoms. The Bertz CT molecular complexity index is 927. The maximum absolute atomic E-state index is 12.9. The Kier molecular flexibility index (Phi) is 5.41. The minimum absolute atomic E-state index is 0.0913. The molecule has 6 nitrogen and oxygen atoms in total. The van der Waals surface area contributed by atoms with Crippen molar-refractivity contribution >= 4 is 29.1 Å². The maximum atomic E-state index is 12.9. The number of carbonyl (C=O) groups is 3. The smallest absolute Gasteiger partial charge is 0.245 e. The van der Waals surface area contributed by atoms with Crippen LogP contribution in [0.15, 0.2) is 41.8 Å². The number of benzene rings is 1. The van der Waals surface area contributed by atoms with Gasteiger partial charge in [-0.1, -0.05) is 30.3 Å². The number of rotatable bonds is 5. The maximum Gasteiger partial charge on any atom is 0.245 e. The van der Waals surface area contributed by atoms with Crippen LogP contribution in [0.4, 0.5) is 0 Å². The van der Waals surface area contributed by atoms with Crippen LogP contribution in [0.5, 0.6) is 0 Å². The highest BCUT2D eigenvalue weighted by molar-refractivity contribution is 7.13. The van der Waals surface area contributed by atoms with Crippen LogP contribution in [0.2, 0.25) is 0 Å². The summed E-state index contributed by atoms with van der Waals surface area (Å²) in [6.07, 6.45) is 2.76. The molecule has 152 valence electrons. The van der Waals surface area contributed by atoms with E-state index >= 15 is 0 Å². The molecule has 0 saturated carbocycles. The SMILES string of the molecule is NC(=O)[C@]1(Cc2ccccc2-c2cccs2)CCCN(C(=O)[C@H]2CCC(=O)N2)C1. The van der Waals surface area contributed by atoms with E-state index in [0.717, 1.165) is 22.4 Å². The predicted molar refractivity (Wildman–Crippen MR) is 112 cm³/mol. The van der Waals surface area contributed by atoms with Gasteiger partial charge in [0.15, 0.2) is 0 Å². The van der Waals surface area contributed by atoms with Gasteiger partial charge in [0.05, 0.1) is 5.41 Å². The Hall–Kier alpha value is -2.67. The van der Waals surface area contributed by atoms with E-state index in [4.69, 9.17) is 5.73 Å². The molecule has 0 spiro atoms. The van der Waals surface area contributed by atoms with Gasteiger partial charge in [0.1, 0.15) is 6.04 Å². The van der Waals surface area contributed by atoms with E-state index in [1.165, 1.54) is 0 Å². The van der Waals surface area contributed by atoms with Gasteiger partial charge >= 0.3 is 0 Å². The Morgan fingerprint density at radius 2 is 2.07 bits per heavy atom. The van der Waals surface area contributed by atoms with Crippen molar-refractivity contribution in [2.75, 3.05) is 13.1 Å². The summed E-state index contributed by atoms with van der Waals surface area (Å²) in [5.41, 5.74) is 7.28. The van der Waals surface area contributed by atoms with E-state index in [1.54, 1.807) is 16.2 Å². The number of piperidine rings is 1. The number of thiophene rings is 1. The molecule has 2 aliphatic rings. The first-order valence-corrected chi connectivity index (χ1v) is 10.9. The highest BCUT2D eigenvalue weighted by atomic mass is 32.1. The first-order chi connectivity index (χ1) is 14.0. The molecule has 29 heavy (non-hydrogen) atoms. The molecule has 2 aromatic rings. The van der Waals surface area contributed by atoms with Gasteiger partial charge in [-0.15, -0.1) is 11.3 Å². The molecule has 1 aromatic carbocycles. The summed E-state index contributed by atoms with van der Waals surface area (Å²) in [7, 11) is 0. The van der Waals surface area contributed by atoms with Gasteiger partial charge in [0, 0.05) is 24.4 Å². The van der Waals surface area contributed by atoms with Gasteiger partial charge in [-0.3, -0.25) is 14.4 Å². The lowest BCUT2D eigenvalue weighted by atomic mass is 9.73. The van der Waals surface area contributed by atoms with Gasteiger partial charge in [-0.2, -0.15) is 0 Å². The number of likely N-dealkylation sites (tertiary alicyclic amines) is 1. The van der Waals surface area contributed by atoms with Crippen LogP contribution in [0, 0.1) is 5.41 Å². The average Bonchev–Trinajstić information content (AvgIpc) is 3.40. The number of primary amides is 1. The first kappa shape index (κ1) is 19.6. The van der Waals surface area contributed by atoms with E-state index in [0.29, 0.717) is 38.8 Å². The van der Waals surface area contributed by atoms with Crippen LogP contribution in [0.1, 0.15) is 31.2 Å². The van der Waals surface area contributed by atoms with Crippen molar-refractivity contribution in [3.63, 3.8) is 0 Å². The molecule has 3 heterocycles. The Morgan fingerprint density at radius 1 is 1.24 bits per heavy atom. The van der Waals surface area contributed by atoms with Crippen LogP contribution >= 0.6 is 11.3 Å². The van der Waals surface area contributed by atoms with E-state index in [2.05, 4.69) is 17.4 Å². The van der Waals surface area contributed by atoms with Crippen LogP contribution in [-0.2, 0) is 20.8 Å². The van der Waals surface area contributed by atoms with Crippen LogP contribution in [-0.4, -0.2) is 41.8 Å². The molecule has 2 atom stereocenters. The van der Waals surface area contributed by atoms with Gasteiger partial charge < -0.3 is 16.0 Å². The minimum Gasteiger partial charge on any atom is -0.369 e. The number of nitrogens with zero attached hydrogens (tertiary/aromatic N) is 1. The van der Waals surface area contributed by atoms with Crippen molar-refractivity contribution < 1.29 is 14.4 Å². The van der Waals surface area contributed by atoms with Gasteiger partial charge in [0.2, 0.25) is 17.7 Å². The quantitative estimate of drug-likeness (QED) is 0.791. The molecule has 0 unspecified atom stereocenters. The Balaban J connectivity index is 1.59. The molecule has 7 heteroatoms. The summed E-state index contributed by atoms with van der Waals surface area (Å²) in [5.74, 6) is -0.564. The standard InChI is InChI=1S/C22H25N3O3S/c23-21(28)22(13-15-5-1-2-6-16(15)18-7-3-12-29-18)10-4-11-25(14-22)20(27)17-8-9-19(26)24-17/h1-3,5-7,12,17H,4,8-11,13-14H2,(H2,23,28)(H,24,26)/t17-,22+/m1/s1. The molecule has 2 fully saturated rings. The highest BCUT2D eigenvalue weighted by Gasteiger charge is 2.44. The third-order valence-electron chi connectivity index (χ3n) is 6.04. The lowest BCUT2D eigenvalue weighted by Crippen LogP contribution is -2.56. The lowest BCUT2D eigenvalue weighted by molar-refractivity contribution is -0.142. The molecule has 2 saturated heterocycles. The van der Waals surface area contributed by atoms with Crippen LogP contribution < -0.4 is 11.1 Å². The number of amides is 3. The molecule has 2 aliphatic heterocycles. The predicted octanol–water partition coefficient (Wildman–Crippen LogP) is 2.33. The molecule has 0 radical (unpaired) electrons. The normalized spacial score (nSPS) is 24.3. The zero-order valence-corrected chi connectivity index (χ0v) is 17.0. The molecular formula is C22H25N3O3S. The summed E-state index contributed by atoms with van der Waals surface area (Å²) >= 11 is 1.66. The zero-order valence-electron chi connectivity index (χ0n) is 16.2. The Labute approximate surface area is 174 Å². The van der Waals surface area contributed by atoms with Crippen molar-refractivity contribution in [1.29, 1.82) is 0 Å². The van der Waals surface area contributed by atoms with Gasteiger partial charge in [-0.05, 0) is 48.3 Å². The zero-order chi connectivity index (χ0) is 20.4. The lowest BCUT2D eigenvalue weighted by Gasteiger charge is -2.42. The van der Waals surface area contributed by atoms with E-state index in [1.807, 2.05) is 29.6 Å². The van der Waals surface area contributed by atoms with Crippen molar-refractivity contribution in [2.45, 2.75) is 38.1 Å². The van der Waals surface area contributed by atoms with Crippen LogP contribution in [0.25, 0.3) is 10.4 Å². The monoisotopic (exact) mass is 411 g/mol. The second-order valence-corrected chi connectivity index (χ2v) is 8.93. The highest BCUT2D eigenvalue weighted by Crippen LogP contribution is 2.38. The molecule has 0 aliphatic carbocycles. The molecular weight excluding hydrogens is 386 g/mol.